The summed E-state index contributed by atoms with van der Waals surface area (Å²) in [7, 11) is 0. The Morgan fingerprint density at radius 2 is 1.57 bits per heavy atom. The molecule has 0 spiro atoms. The minimum Gasteiger partial charge on any atom is -0.444 e. The third-order valence-electron chi connectivity index (χ3n) is 2.41. The molecule has 0 radical (unpaired) electrons. The number of likely N-dealkylation sites (N-methyl/N-ethyl adjacent to an activating group) is 1. The van der Waals surface area contributed by atoms with Crippen LogP contribution in [0.5, 0.6) is 0 Å². The Morgan fingerprint density at radius 3 is 2.13 bits per heavy atom. The lowest BCUT2D eigenvalue weighted by atomic mass is 10.2. The maximum atomic E-state index is 11.5. The molecular formula is C15H31N5O3. The van der Waals surface area contributed by atoms with E-state index in [9.17, 15) is 9.59 Å². The van der Waals surface area contributed by atoms with Gasteiger partial charge in [-0.25, -0.2) is 9.79 Å². The topological polar surface area (TPSA) is 104 Å². The molecule has 0 saturated heterocycles. The van der Waals surface area contributed by atoms with E-state index in [1.807, 2.05) is 34.6 Å². The highest BCUT2D eigenvalue weighted by Gasteiger charge is 2.15. The minimum absolute atomic E-state index is 0.0827. The molecule has 0 heterocycles. The van der Waals surface area contributed by atoms with Gasteiger partial charge in [0.25, 0.3) is 0 Å². The maximum Gasteiger partial charge on any atom is 0.407 e. The van der Waals surface area contributed by atoms with E-state index in [4.69, 9.17) is 4.74 Å². The van der Waals surface area contributed by atoms with E-state index < -0.39 is 11.7 Å². The van der Waals surface area contributed by atoms with Crippen molar-refractivity contribution in [2.45, 2.75) is 46.6 Å². The number of nitrogens with one attached hydrogen (secondary N) is 4. The van der Waals surface area contributed by atoms with Crippen LogP contribution in [-0.4, -0.2) is 56.3 Å². The molecule has 134 valence electrons. The number of aliphatic imine (C=N–C) groups is 1. The molecule has 0 aromatic rings. The van der Waals surface area contributed by atoms with Crippen molar-refractivity contribution in [1.29, 1.82) is 0 Å². The molecule has 8 heteroatoms. The number of carbonyl (C=O) groups is 2. The molecule has 4 N–H and O–H groups in total. The van der Waals surface area contributed by atoms with Crippen LogP contribution in [0.4, 0.5) is 4.79 Å². The lowest BCUT2D eigenvalue weighted by Crippen LogP contribution is -2.40. The fraction of sp³-hybridized carbons (Fsp3) is 0.800. The summed E-state index contributed by atoms with van der Waals surface area (Å²) >= 11 is 0. The van der Waals surface area contributed by atoms with Gasteiger partial charge in [0.15, 0.2) is 5.96 Å². The van der Waals surface area contributed by atoms with Gasteiger partial charge in [0.2, 0.25) is 5.91 Å². The second-order valence-electron chi connectivity index (χ2n) is 5.86. The summed E-state index contributed by atoms with van der Waals surface area (Å²) in [5, 5.41) is 11.5. The molecule has 0 fully saturated rings. The van der Waals surface area contributed by atoms with Crippen LogP contribution in [0, 0.1) is 0 Å². The van der Waals surface area contributed by atoms with Crippen LogP contribution in [0.1, 0.15) is 41.0 Å². The van der Waals surface area contributed by atoms with E-state index in [1.54, 1.807) is 0 Å². The van der Waals surface area contributed by atoms with Crippen molar-refractivity contribution >= 4 is 18.0 Å². The fourth-order valence-corrected chi connectivity index (χ4v) is 1.55. The van der Waals surface area contributed by atoms with Crippen LogP contribution in [0.25, 0.3) is 0 Å². The summed E-state index contributed by atoms with van der Waals surface area (Å²) < 4.78 is 5.14. The summed E-state index contributed by atoms with van der Waals surface area (Å²) in [6.07, 6.45) is 0.291. The molecule has 2 amide bonds. The number of hydrogen-bond donors (Lipinski definition) is 4. The SMILES string of the molecule is CCNC(=O)CN=C(NCC)NCCCNC(=O)OC(C)(C)C. The summed E-state index contributed by atoms with van der Waals surface area (Å²) in [5.74, 6) is 0.465. The molecular weight excluding hydrogens is 298 g/mol. The van der Waals surface area contributed by atoms with Crippen LogP contribution in [-0.2, 0) is 9.53 Å². The van der Waals surface area contributed by atoms with Gasteiger partial charge in [-0.1, -0.05) is 0 Å². The lowest BCUT2D eigenvalue weighted by Gasteiger charge is -2.19. The zero-order valence-corrected chi connectivity index (χ0v) is 14.9. The van der Waals surface area contributed by atoms with Crippen LogP contribution < -0.4 is 21.3 Å². The van der Waals surface area contributed by atoms with E-state index in [2.05, 4.69) is 26.3 Å². The van der Waals surface area contributed by atoms with Crippen molar-refractivity contribution in [1.82, 2.24) is 21.3 Å². The number of alkyl carbamates (subject to hydrolysis) is 1. The highest BCUT2D eigenvalue weighted by Crippen LogP contribution is 2.06. The quantitative estimate of drug-likeness (QED) is 0.296. The minimum atomic E-state index is -0.494. The van der Waals surface area contributed by atoms with E-state index in [1.165, 1.54) is 0 Å². The van der Waals surface area contributed by atoms with Gasteiger partial charge in [-0.3, -0.25) is 4.79 Å². The summed E-state index contributed by atoms with van der Waals surface area (Å²) in [4.78, 5) is 27.0. The average molecular weight is 329 g/mol. The zero-order valence-electron chi connectivity index (χ0n) is 14.9. The van der Waals surface area contributed by atoms with Gasteiger partial charge >= 0.3 is 6.09 Å². The van der Waals surface area contributed by atoms with Gasteiger partial charge in [-0.05, 0) is 41.0 Å². The third kappa shape index (κ3) is 13.4. The summed E-state index contributed by atoms with van der Waals surface area (Å²) in [5.41, 5.74) is -0.494. The highest BCUT2D eigenvalue weighted by molar-refractivity contribution is 5.84. The Bertz CT molecular complexity index is 391. The van der Waals surface area contributed by atoms with Crippen LogP contribution in [0.3, 0.4) is 0 Å². The predicted molar refractivity (Wildman–Crippen MR) is 91.5 cm³/mol. The fourth-order valence-electron chi connectivity index (χ4n) is 1.55. The van der Waals surface area contributed by atoms with Crippen molar-refractivity contribution in [2.24, 2.45) is 4.99 Å². The standard InChI is InChI=1S/C15H31N5O3/c1-6-16-12(21)11-20-13(17-7-2)18-9-8-10-19-14(22)23-15(3,4)5/h6-11H2,1-5H3,(H,16,21)(H,19,22)(H2,17,18,20). The largest absolute Gasteiger partial charge is 0.444 e. The van der Waals surface area contributed by atoms with E-state index >= 15 is 0 Å². The molecule has 0 rings (SSSR count). The molecule has 23 heavy (non-hydrogen) atoms. The van der Waals surface area contributed by atoms with Gasteiger partial charge in [0.05, 0.1) is 0 Å². The predicted octanol–water partition coefficient (Wildman–Crippen LogP) is 0.592. The van der Waals surface area contributed by atoms with Crippen LogP contribution >= 0.6 is 0 Å². The van der Waals surface area contributed by atoms with Gasteiger partial charge in [0.1, 0.15) is 12.1 Å². The van der Waals surface area contributed by atoms with E-state index in [0.717, 1.165) is 0 Å². The normalized spacial score (nSPS) is 11.6. The molecule has 0 aliphatic rings. The van der Waals surface area contributed by atoms with Crippen LogP contribution in [0.15, 0.2) is 4.99 Å². The second-order valence-corrected chi connectivity index (χ2v) is 5.86. The molecule has 0 aromatic heterocycles. The number of ether oxygens (including phenoxy) is 1. The number of rotatable bonds is 8. The van der Waals surface area contributed by atoms with Crippen molar-refractivity contribution in [3.05, 3.63) is 0 Å². The Hall–Kier alpha value is -1.99. The summed E-state index contributed by atoms with van der Waals surface area (Å²) in [6.45, 7) is 11.8. The molecule has 0 unspecified atom stereocenters. The van der Waals surface area contributed by atoms with Crippen molar-refractivity contribution < 1.29 is 14.3 Å². The molecule has 0 aromatic carbocycles. The van der Waals surface area contributed by atoms with Crippen LogP contribution in [0.2, 0.25) is 0 Å². The smallest absolute Gasteiger partial charge is 0.407 e. The first kappa shape index (κ1) is 21.0. The van der Waals surface area contributed by atoms with Gasteiger partial charge < -0.3 is 26.0 Å². The van der Waals surface area contributed by atoms with E-state index in [0.29, 0.717) is 38.6 Å². The maximum absolute atomic E-state index is 11.5. The number of nitrogens with zero attached hydrogens (tertiary/aromatic N) is 1. The van der Waals surface area contributed by atoms with Gasteiger partial charge in [0, 0.05) is 26.2 Å². The number of amides is 2. The average Bonchev–Trinajstić information content (AvgIpc) is 2.42. The molecule has 0 saturated carbocycles. The van der Waals surface area contributed by atoms with Crippen molar-refractivity contribution in [3.63, 3.8) is 0 Å². The number of hydrogen-bond acceptors (Lipinski definition) is 4. The molecule has 0 atom stereocenters. The Kier molecular flexibility index (Phi) is 10.6. The van der Waals surface area contributed by atoms with Crippen molar-refractivity contribution in [3.8, 4) is 0 Å². The highest BCUT2D eigenvalue weighted by atomic mass is 16.6. The molecule has 0 aliphatic heterocycles. The molecule has 0 bridgehead atoms. The first-order chi connectivity index (χ1) is 10.8. The zero-order chi connectivity index (χ0) is 17.7. The third-order valence-corrected chi connectivity index (χ3v) is 2.41. The Balaban J connectivity index is 3.98. The summed E-state index contributed by atoms with van der Waals surface area (Å²) in [6, 6.07) is 0. The lowest BCUT2D eigenvalue weighted by molar-refractivity contribution is -0.119. The number of guanidine groups is 1. The second kappa shape index (κ2) is 11.6. The van der Waals surface area contributed by atoms with Gasteiger partial charge in [-0.2, -0.15) is 0 Å². The first-order valence-corrected chi connectivity index (χ1v) is 8.04. The van der Waals surface area contributed by atoms with Gasteiger partial charge in [-0.15, -0.1) is 0 Å². The Labute approximate surface area is 138 Å². The molecule has 8 nitrogen and oxygen atoms in total. The molecule has 0 aliphatic carbocycles. The van der Waals surface area contributed by atoms with E-state index in [-0.39, 0.29) is 12.5 Å². The monoisotopic (exact) mass is 329 g/mol. The number of carbonyl (C=O) groups excluding carboxylic acids is 2. The Morgan fingerprint density at radius 1 is 0.957 bits per heavy atom. The first-order valence-electron chi connectivity index (χ1n) is 8.04. The van der Waals surface area contributed by atoms with Crippen molar-refractivity contribution in [2.75, 3.05) is 32.7 Å².